The third-order valence-electron chi connectivity index (χ3n) is 5.03. The third kappa shape index (κ3) is 4.33. The average Bonchev–Trinajstić information content (AvgIpc) is 3.40. The molecule has 164 valence electrons. The van der Waals surface area contributed by atoms with Gasteiger partial charge in [0.1, 0.15) is 27.1 Å². The van der Waals surface area contributed by atoms with Crippen LogP contribution in [-0.2, 0) is 6.54 Å². The molecule has 1 amide bonds. The molecule has 8 nitrogen and oxygen atoms in total. The number of methoxy groups -OCH3 is 2. The van der Waals surface area contributed by atoms with Crippen molar-refractivity contribution in [1.29, 1.82) is 0 Å². The number of nitrogens with zero attached hydrogens (tertiary/aromatic N) is 4. The SMILES string of the molecule is COc1ccc(CNC(=O)c2sc(-c3nnn(-c4ccc(OC)cc4)c3C)nc2C)cc1. The summed E-state index contributed by atoms with van der Waals surface area (Å²) in [6, 6.07) is 15.1. The van der Waals surface area contributed by atoms with Crippen molar-refractivity contribution in [2.75, 3.05) is 14.2 Å². The number of aryl methyl sites for hydroxylation is 1. The summed E-state index contributed by atoms with van der Waals surface area (Å²) in [7, 11) is 3.25. The van der Waals surface area contributed by atoms with Crippen LogP contribution in [0, 0.1) is 13.8 Å². The van der Waals surface area contributed by atoms with E-state index in [4.69, 9.17) is 9.47 Å². The van der Waals surface area contributed by atoms with E-state index in [1.165, 1.54) is 11.3 Å². The summed E-state index contributed by atoms with van der Waals surface area (Å²) in [6.07, 6.45) is 0. The van der Waals surface area contributed by atoms with Crippen LogP contribution in [0.25, 0.3) is 16.4 Å². The van der Waals surface area contributed by atoms with E-state index in [9.17, 15) is 4.79 Å². The number of aromatic nitrogens is 4. The molecule has 4 aromatic rings. The van der Waals surface area contributed by atoms with E-state index in [0.717, 1.165) is 28.4 Å². The number of rotatable bonds is 7. The Balaban J connectivity index is 1.51. The zero-order valence-corrected chi connectivity index (χ0v) is 19.1. The molecule has 0 fully saturated rings. The van der Waals surface area contributed by atoms with Crippen LogP contribution in [-0.4, -0.2) is 40.1 Å². The van der Waals surface area contributed by atoms with Crippen LogP contribution in [0.5, 0.6) is 11.5 Å². The van der Waals surface area contributed by atoms with Crippen molar-refractivity contribution in [1.82, 2.24) is 25.3 Å². The molecule has 0 aliphatic rings. The first-order valence-electron chi connectivity index (χ1n) is 9.95. The summed E-state index contributed by atoms with van der Waals surface area (Å²) in [5.74, 6) is 1.39. The minimum absolute atomic E-state index is 0.165. The van der Waals surface area contributed by atoms with Gasteiger partial charge in [-0.25, -0.2) is 9.67 Å². The van der Waals surface area contributed by atoms with Gasteiger partial charge in [0.15, 0.2) is 0 Å². The zero-order valence-electron chi connectivity index (χ0n) is 18.2. The summed E-state index contributed by atoms with van der Waals surface area (Å²) < 4.78 is 12.1. The topological polar surface area (TPSA) is 91.2 Å². The smallest absolute Gasteiger partial charge is 0.263 e. The van der Waals surface area contributed by atoms with Gasteiger partial charge in [-0.2, -0.15) is 0 Å². The highest BCUT2D eigenvalue weighted by Crippen LogP contribution is 2.29. The maximum atomic E-state index is 12.8. The van der Waals surface area contributed by atoms with Crippen molar-refractivity contribution in [3.63, 3.8) is 0 Å². The molecule has 0 bridgehead atoms. The average molecular weight is 450 g/mol. The van der Waals surface area contributed by atoms with Gasteiger partial charge in [0, 0.05) is 6.54 Å². The minimum atomic E-state index is -0.165. The van der Waals surface area contributed by atoms with E-state index in [2.05, 4.69) is 20.6 Å². The number of amides is 1. The maximum absolute atomic E-state index is 12.8. The maximum Gasteiger partial charge on any atom is 0.263 e. The number of hydrogen-bond donors (Lipinski definition) is 1. The lowest BCUT2D eigenvalue weighted by molar-refractivity contribution is 0.0954. The fourth-order valence-corrected chi connectivity index (χ4v) is 4.23. The molecule has 2 aromatic carbocycles. The first-order chi connectivity index (χ1) is 15.5. The highest BCUT2D eigenvalue weighted by Gasteiger charge is 2.20. The van der Waals surface area contributed by atoms with E-state index in [0.29, 0.717) is 27.8 Å². The van der Waals surface area contributed by atoms with E-state index < -0.39 is 0 Å². The minimum Gasteiger partial charge on any atom is -0.497 e. The lowest BCUT2D eigenvalue weighted by Gasteiger charge is -2.05. The van der Waals surface area contributed by atoms with Crippen LogP contribution in [0.4, 0.5) is 0 Å². The molecule has 0 atom stereocenters. The van der Waals surface area contributed by atoms with Crippen molar-refractivity contribution >= 4 is 17.2 Å². The molecule has 1 N–H and O–H groups in total. The Morgan fingerprint density at radius 1 is 1.00 bits per heavy atom. The Labute approximate surface area is 189 Å². The predicted molar refractivity (Wildman–Crippen MR) is 123 cm³/mol. The van der Waals surface area contributed by atoms with Gasteiger partial charge in [0.2, 0.25) is 0 Å². The Hall–Kier alpha value is -3.72. The summed E-state index contributed by atoms with van der Waals surface area (Å²) in [5.41, 5.74) is 4.01. The molecule has 0 spiro atoms. The summed E-state index contributed by atoms with van der Waals surface area (Å²) in [6.45, 7) is 4.17. The first kappa shape index (κ1) is 21.5. The molecule has 0 aliphatic heterocycles. The molecule has 0 aliphatic carbocycles. The van der Waals surface area contributed by atoms with Crippen LogP contribution in [0.1, 0.15) is 26.6 Å². The molecular weight excluding hydrogens is 426 g/mol. The molecule has 2 aromatic heterocycles. The van der Waals surface area contributed by atoms with Gasteiger partial charge in [-0.1, -0.05) is 17.3 Å². The van der Waals surface area contributed by atoms with Crippen molar-refractivity contribution in [3.05, 3.63) is 70.4 Å². The van der Waals surface area contributed by atoms with Gasteiger partial charge in [-0.3, -0.25) is 4.79 Å². The second kappa shape index (κ2) is 9.19. The Morgan fingerprint density at radius 2 is 1.62 bits per heavy atom. The van der Waals surface area contributed by atoms with E-state index >= 15 is 0 Å². The molecule has 4 rings (SSSR count). The molecule has 0 unspecified atom stereocenters. The standard InChI is InChI=1S/C23H23N5O3S/c1-14-21(22(29)24-13-16-5-9-18(30-3)10-6-16)32-23(25-14)20-15(2)28(27-26-20)17-7-11-19(31-4)12-8-17/h5-12H,13H2,1-4H3,(H,24,29). The van der Waals surface area contributed by atoms with Crippen LogP contribution in [0.15, 0.2) is 48.5 Å². The van der Waals surface area contributed by atoms with E-state index in [1.807, 2.05) is 62.4 Å². The van der Waals surface area contributed by atoms with Crippen LogP contribution >= 0.6 is 11.3 Å². The summed E-state index contributed by atoms with van der Waals surface area (Å²) in [5, 5.41) is 12.2. The van der Waals surface area contributed by atoms with Crippen molar-refractivity contribution in [3.8, 4) is 27.9 Å². The van der Waals surface area contributed by atoms with Gasteiger partial charge in [0.05, 0.1) is 31.3 Å². The quantitative estimate of drug-likeness (QED) is 0.459. The predicted octanol–water partition coefficient (Wildman–Crippen LogP) is 3.95. The molecule has 0 saturated heterocycles. The second-order valence-electron chi connectivity index (χ2n) is 7.10. The fraction of sp³-hybridized carbons (Fsp3) is 0.217. The first-order valence-corrected chi connectivity index (χ1v) is 10.8. The van der Waals surface area contributed by atoms with Gasteiger partial charge in [-0.15, -0.1) is 16.4 Å². The fourth-order valence-electron chi connectivity index (χ4n) is 3.21. The summed E-state index contributed by atoms with van der Waals surface area (Å²) >= 11 is 1.31. The number of carbonyl (C=O) groups is 1. The van der Waals surface area contributed by atoms with Gasteiger partial charge in [0.25, 0.3) is 5.91 Å². The Kier molecular flexibility index (Phi) is 6.18. The monoisotopic (exact) mass is 449 g/mol. The zero-order chi connectivity index (χ0) is 22.7. The highest BCUT2D eigenvalue weighted by atomic mass is 32.1. The Morgan fingerprint density at radius 3 is 2.25 bits per heavy atom. The number of hydrogen-bond acceptors (Lipinski definition) is 7. The van der Waals surface area contributed by atoms with Gasteiger partial charge < -0.3 is 14.8 Å². The van der Waals surface area contributed by atoms with E-state index in [-0.39, 0.29) is 5.91 Å². The normalized spacial score (nSPS) is 10.8. The molecule has 32 heavy (non-hydrogen) atoms. The van der Waals surface area contributed by atoms with Crippen molar-refractivity contribution < 1.29 is 14.3 Å². The van der Waals surface area contributed by atoms with Crippen molar-refractivity contribution in [2.45, 2.75) is 20.4 Å². The lowest BCUT2D eigenvalue weighted by atomic mass is 10.2. The summed E-state index contributed by atoms with van der Waals surface area (Å²) in [4.78, 5) is 17.9. The van der Waals surface area contributed by atoms with Crippen LogP contribution < -0.4 is 14.8 Å². The van der Waals surface area contributed by atoms with Crippen LogP contribution in [0.3, 0.4) is 0 Å². The lowest BCUT2D eigenvalue weighted by Crippen LogP contribution is -2.22. The van der Waals surface area contributed by atoms with Gasteiger partial charge >= 0.3 is 0 Å². The number of benzene rings is 2. The largest absolute Gasteiger partial charge is 0.497 e. The molecular formula is C23H23N5O3S. The Bertz CT molecular complexity index is 1230. The van der Waals surface area contributed by atoms with Crippen molar-refractivity contribution in [2.24, 2.45) is 0 Å². The molecule has 0 radical (unpaired) electrons. The van der Waals surface area contributed by atoms with Gasteiger partial charge in [-0.05, 0) is 55.8 Å². The molecule has 9 heteroatoms. The number of thiazole rings is 1. The highest BCUT2D eigenvalue weighted by molar-refractivity contribution is 7.17. The van der Waals surface area contributed by atoms with Crippen LogP contribution in [0.2, 0.25) is 0 Å². The number of carbonyl (C=O) groups excluding carboxylic acids is 1. The number of nitrogens with one attached hydrogen (secondary N) is 1. The molecule has 0 saturated carbocycles. The third-order valence-corrected chi connectivity index (χ3v) is 6.19. The second-order valence-corrected chi connectivity index (χ2v) is 8.10. The number of ether oxygens (including phenoxy) is 2. The molecule has 2 heterocycles. The van der Waals surface area contributed by atoms with E-state index in [1.54, 1.807) is 18.9 Å².